The van der Waals surface area contributed by atoms with Crippen molar-refractivity contribution in [3.05, 3.63) is 47.2 Å². The Hall–Kier alpha value is -1.90. The van der Waals surface area contributed by atoms with Gasteiger partial charge in [0, 0.05) is 5.56 Å². The van der Waals surface area contributed by atoms with E-state index in [0.29, 0.717) is 11.6 Å². The normalized spacial score (nSPS) is 17.9. The third-order valence-corrected chi connectivity index (χ3v) is 2.27. The van der Waals surface area contributed by atoms with Gasteiger partial charge in [0.1, 0.15) is 5.70 Å². The Kier molecular flexibility index (Phi) is 2.37. The second-order valence-corrected chi connectivity index (χ2v) is 3.30. The summed E-state index contributed by atoms with van der Waals surface area (Å²) in [5.74, 6) is 0.0157. The fourth-order valence-electron chi connectivity index (χ4n) is 1.43. The molecule has 76 valence electrons. The molecule has 0 aliphatic carbocycles. The number of allylic oxidation sites excluding steroid dienone is 1. The molecule has 0 saturated carbocycles. The number of hydrogen-bond donors (Lipinski definition) is 0. The van der Waals surface area contributed by atoms with Crippen molar-refractivity contribution < 1.29 is 9.53 Å². The fourth-order valence-corrected chi connectivity index (χ4v) is 1.43. The molecule has 0 aromatic heterocycles. The number of nitrogens with zero attached hydrogens (tertiary/aromatic N) is 1. The molecule has 1 aliphatic heterocycles. The second kappa shape index (κ2) is 3.69. The van der Waals surface area contributed by atoms with Crippen molar-refractivity contribution in [2.75, 3.05) is 0 Å². The van der Waals surface area contributed by atoms with Gasteiger partial charge in [-0.2, -0.15) is 0 Å². The maximum Gasteiger partial charge on any atom is 0.363 e. The van der Waals surface area contributed by atoms with E-state index in [1.807, 2.05) is 31.2 Å². The van der Waals surface area contributed by atoms with Gasteiger partial charge in [-0.3, -0.25) is 0 Å². The molecule has 0 N–H and O–H groups in total. The van der Waals surface area contributed by atoms with Crippen LogP contribution in [0.2, 0.25) is 0 Å². The summed E-state index contributed by atoms with van der Waals surface area (Å²) in [6.07, 6.45) is 1.65. The van der Waals surface area contributed by atoms with Crippen LogP contribution in [-0.2, 0) is 9.53 Å². The molecule has 1 aliphatic rings. The Morgan fingerprint density at radius 2 is 2.07 bits per heavy atom. The third-order valence-electron chi connectivity index (χ3n) is 2.27. The molecule has 3 nitrogen and oxygen atoms in total. The van der Waals surface area contributed by atoms with Crippen molar-refractivity contribution in [1.82, 2.24) is 0 Å². The summed E-state index contributed by atoms with van der Waals surface area (Å²) < 4.78 is 5.07. The molecule has 0 radical (unpaired) electrons. The number of carbonyl (C=O) groups excluding carboxylic acids is 1. The molecule has 0 fully saturated rings. The highest BCUT2D eigenvalue weighted by Crippen LogP contribution is 2.18. The van der Waals surface area contributed by atoms with Crippen LogP contribution in [0.5, 0.6) is 0 Å². The Labute approximate surface area is 88.1 Å². The SMILES string of the molecule is C/C=C1/N=C(c2ccccc2C)OC1=O. The molecule has 0 saturated heterocycles. The van der Waals surface area contributed by atoms with Crippen molar-refractivity contribution in [3.8, 4) is 0 Å². The first-order valence-corrected chi connectivity index (χ1v) is 4.75. The Morgan fingerprint density at radius 1 is 1.33 bits per heavy atom. The zero-order chi connectivity index (χ0) is 10.8. The van der Waals surface area contributed by atoms with Crippen molar-refractivity contribution >= 4 is 11.9 Å². The van der Waals surface area contributed by atoms with Crippen LogP contribution in [0.3, 0.4) is 0 Å². The van der Waals surface area contributed by atoms with Crippen LogP contribution in [0, 0.1) is 6.92 Å². The van der Waals surface area contributed by atoms with Gasteiger partial charge in [-0.1, -0.05) is 24.3 Å². The van der Waals surface area contributed by atoms with E-state index < -0.39 is 0 Å². The minimum absolute atomic E-state index is 0.369. The van der Waals surface area contributed by atoms with Gasteiger partial charge < -0.3 is 4.74 Å². The Balaban J connectivity index is 2.43. The fraction of sp³-hybridized carbons (Fsp3) is 0.167. The predicted octanol–water partition coefficient (Wildman–Crippen LogP) is 2.20. The summed E-state index contributed by atoms with van der Waals surface area (Å²) in [5.41, 5.74) is 2.28. The number of aryl methyl sites for hydroxylation is 1. The molecule has 3 heteroatoms. The quantitative estimate of drug-likeness (QED) is 0.516. The number of benzene rings is 1. The van der Waals surface area contributed by atoms with E-state index in [0.717, 1.165) is 11.1 Å². The van der Waals surface area contributed by atoms with Crippen LogP contribution in [0.4, 0.5) is 0 Å². The van der Waals surface area contributed by atoms with Gasteiger partial charge in [-0.15, -0.1) is 0 Å². The Morgan fingerprint density at radius 3 is 2.67 bits per heavy atom. The number of ether oxygens (including phenoxy) is 1. The summed E-state index contributed by atoms with van der Waals surface area (Å²) in [6.45, 7) is 3.72. The first-order valence-electron chi connectivity index (χ1n) is 4.75. The maximum absolute atomic E-state index is 11.3. The molecule has 0 amide bonds. The lowest BCUT2D eigenvalue weighted by atomic mass is 10.1. The minimum atomic E-state index is -0.379. The second-order valence-electron chi connectivity index (χ2n) is 3.30. The first kappa shape index (κ1) is 9.65. The van der Waals surface area contributed by atoms with Gasteiger partial charge in [0.15, 0.2) is 0 Å². The average molecular weight is 201 g/mol. The molecule has 2 rings (SSSR count). The summed E-state index contributed by atoms with van der Waals surface area (Å²) >= 11 is 0. The molecule has 1 aromatic carbocycles. The van der Waals surface area contributed by atoms with E-state index in [1.165, 1.54) is 0 Å². The van der Waals surface area contributed by atoms with Crippen molar-refractivity contribution in [1.29, 1.82) is 0 Å². The Bertz CT molecular complexity index is 472. The zero-order valence-electron chi connectivity index (χ0n) is 8.65. The van der Waals surface area contributed by atoms with Gasteiger partial charge in [-0.25, -0.2) is 9.79 Å². The highest BCUT2D eigenvalue weighted by Gasteiger charge is 2.23. The molecule has 0 unspecified atom stereocenters. The van der Waals surface area contributed by atoms with Crippen LogP contribution < -0.4 is 0 Å². The van der Waals surface area contributed by atoms with Crippen molar-refractivity contribution in [2.45, 2.75) is 13.8 Å². The summed E-state index contributed by atoms with van der Waals surface area (Å²) in [4.78, 5) is 15.4. The zero-order valence-corrected chi connectivity index (χ0v) is 8.65. The predicted molar refractivity (Wildman–Crippen MR) is 57.6 cm³/mol. The number of carbonyl (C=O) groups is 1. The third kappa shape index (κ3) is 1.68. The topological polar surface area (TPSA) is 38.7 Å². The van der Waals surface area contributed by atoms with Gasteiger partial charge in [-0.05, 0) is 25.5 Å². The number of aliphatic imine (C=N–C) groups is 1. The highest BCUT2D eigenvalue weighted by molar-refractivity contribution is 6.11. The van der Waals surface area contributed by atoms with E-state index in [4.69, 9.17) is 4.74 Å². The van der Waals surface area contributed by atoms with Gasteiger partial charge in [0.05, 0.1) is 0 Å². The number of hydrogen-bond acceptors (Lipinski definition) is 3. The standard InChI is InChI=1S/C12H11NO2/c1-3-10-12(14)15-11(13-10)9-7-5-4-6-8(9)2/h3-7H,1-2H3/b10-3+. The molecule has 1 aromatic rings. The number of esters is 1. The van der Waals surface area contributed by atoms with Crippen LogP contribution in [0.1, 0.15) is 18.1 Å². The molecular weight excluding hydrogens is 190 g/mol. The first-order chi connectivity index (χ1) is 7.22. The van der Waals surface area contributed by atoms with Crippen molar-refractivity contribution in [3.63, 3.8) is 0 Å². The molecular formula is C12H11NO2. The largest absolute Gasteiger partial charge is 0.402 e. The van der Waals surface area contributed by atoms with Crippen LogP contribution in [0.15, 0.2) is 41.0 Å². The van der Waals surface area contributed by atoms with E-state index in [9.17, 15) is 4.79 Å². The molecule has 15 heavy (non-hydrogen) atoms. The van der Waals surface area contributed by atoms with E-state index in [-0.39, 0.29) is 5.97 Å². The maximum atomic E-state index is 11.3. The number of rotatable bonds is 1. The summed E-state index contributed by atoms with van der Waals surface area (Å²) in [7, 11) is 0. The van der Waals surface area contributed by atoms with Gasteiger partial charge in [0.25, 0.3) is 0 Å². The smallest absolute Gasteiger partial charge is 0.363 e. The molecule has 0 spiro atoms. The van der Waals surface area contributed by atoms with E-state index in [1.54, 1.807) is 13.0 Å². The summed E-state index contributed by atoms with van der Waals surface area (Å²) in [6, 6.07) is 7.68. The van der Waals surface area contributed by atoms with Crippen molar-refractivity contribution in [2.24, 2.45) is 4.99 Å². The monoisotopic (exact) mass is 201 g/mol. The van der Waals surface area contributed by atoms with Crippen LogP contribution >= 0.6 is 0 Å². The van der Waals surface area contributed by atoms with Crippen LogP contribution in [0.25, 0.3) is 0 Å². The van der Waals surface area contributed by atoms with Crippen LogP contribution in [-0.4, -0.2) is 11.9 Å². The molecule has 1 heterocycles. The van der Waals surface area contributed by atoms with E-state index in [2.05, 4.69) is 4.99 Å². The minimum Gasteiger partial charge on any atom is -0.402 e. The van der Waals surface area contributed by atoms with Gasteiger partial charge >= 0.3 is 5.97 Å². The highest BCUT2D eigenvalue weighted by atomic mass is 16.6. The summed E-state index contributed by atoms with van der Waals surface area (Å²) in [5, 5.41) is 0. The number of cyclic esters (lactones) is 1. The molecule has 0 bridgehead atoms. The molecule has 0 atom stereocenters. The lowest BCUT2D eigenvalue weighted by Gasteiger charge is -2.02. The lowest BCUT2D eigenvalue weighted by Crippen LogP contribution is -2.06. The average Bonchev–Trinajstić information content (AvgIpc) is 2.60. The van der Waals surface area contributed by atoms with E-state index >= 15 is 0 Å². The van der Waals surface area contributed by atoms with Gasteiger partial charge in [0.2, 0.25) is 5.90 Å². The lowest BCUT2D eigenvalue weighted by molar-refractivity contribution is -0.130.